The highest BCUT2D eigenvalue weighted by Gasteiger charge is 2.31. The van der Waals surface area contributed by atoms with Crippen molar-refractivity contribution in [1.82, 2.24) is 4.90 Å². The van der Waals surface area contributed by atoms with E-state index in [4.69, 9.17) is 0 Å². The molecule has 3 rings (SSSR count). The van der Waals surface area contributed by atoms with E-state index in [-0.39, 0.29) is 11.8 Å². The second kappa shape index (κ2) is 11.8. The van der Waals surface area contributed by atoms with Crippen LogP contribution < -0.4 is 0 Å². The van der Waals surface area contributed by atoms with Crippen LogP contribution in [0.2, 0.25) is 0 Å². The summed E-state index contributed by atoms with van der Waals surface area (Å²) in [6, 6.07) is 11.6. The molecule has 0 radical (unpaired) electrons. The summed E-state index contributed by atoms with van der Waals surface area (Å²) in [5.74, 6) is -0.436. The van der Waals surface area contributed by atoms with Gasteiger partial charge in [-0.05, 0) is 91.3 Å². The van der Waals surface area contributed by atoms with Gasteiger partial charge in [-0.15, -0.1) is 0 Å². The lowest BCUT2D eigenvalue weighted by atomic mass is 9.82. The highest BCUT2D eigenvalue weighted by molar-refractivity contribution is 5.77. The third kappa shape index (κ3) is 7.34. The van der Waals surface area contributed by atoms with E-state index in [1.165, 1.54) is 12.1 Å². The van der Waals surface area contributed by atoms with Gasteiger partial charge in [0.2, 0.25) is 0 Å². The molecule has 0 amide bonds. The van der Waals surface area contributed by atoms with E-state index >= 15 is 0 Å². The first-order chi connectivity index (χ1) is 16.8. The molecular formula is C30H40F3NO2. The van der Waals surface area contributed by atoms with E-state index in [1.54, 1.807) is 0 Å². The number of piperidine rings is 1. The Morgan fingerprint density at radius 2 is 1.67 bits per heavy atom. The number of benzene rings is 2. The quantitative estimate of drug-likeness (QED) is 0.375. The molecule has 0 bridgehead atoms. The number of hydrogen-bond acceptors (Lipinski definition) is 2. The van der Waals surface area contributed by atoms with Gasteiger partial charge in [0.15, 0.2) is 0 Å². The Kier molecular flexibility index (Phi) is 9.26. The Morgan fingerprint density at radius 1 is 1.00 bits per heavy atom. The van der Waals surface area contributed by atoms with E-state index in [0.717, 1.165) is 61.2 Å². The van der Waals surface area contributed by atoms with Gasteiger partial charge in [0, 0.05) is 12.6 Å². The molecule has 1 heterocycles. The van der Waals surface area contributed by atoms with Crippen molar-refractivity contribution in [2.45, 2.75) is 84.4 Å². The van der Waals surface area contributed by atoms with Gasteiger partial charge in [-0.1, -0.05) is 58.0 Å². The molecule has 3 nitrogen and oxygen atoms in total. The predicted molar refractivity (Wildman–Crippen MR) is 139 cm³/mol. The maximum atomic E-state index is 13.1. The Bertz CT molecular complexity index is 1010. The van der Waals surface area contributed by atoms with Crippen molar-refractivity contribution in [3.8, 4) is 11.1 Å². The van der Waals surface area contributed by atoms with Crippen LogP contribution in [0.25, 0.3) is 11.1 Å². The lowest BCUT2D eigenvalue weighted by Gasteiger charge is -2.39. The van der Waals surface area contributed by atoms with Crippen LogP contribution in [0, 0.1) is 11.8 Å². The second-order valence-corrected chi connectivity index (χ2v) is 11.3. The number of hydrogen-bond donors (Lipinski definition) is 1. The number of carboxylic acids is 1. The van der Waals surface area contributed by atoms with Gasteiger partial charge >= 0.3 is 12.1 Å². The van der Waals surface area contributed by atoms with Crippen LogP contribution in [0.5, 0.6) is 0 Å². The number of carboxylic acid groups (broad SMARTS) is 1. The van der Waals surface area contributed by atoms with E-state index < -0.39 is 23.6 Å². The predicted octanol–water partition coefficient (Wildman–Crippen LogP) is 8.20. The Labute approximate surface area is 213 Å². The summed E-state index contributed by atoms with van der Waals surface area (Å²) in [6.45, 7) is 12.7. The largest absolute Gasteiger partial charge is 0.481 e. The fourth-order valence-corrected chi connectivity index (χ4v) is 5.17. The number of likely N-dealkylation sites (tertiary alicyclic amines) is 1. The lowest BCUT2D eigenvalue weighted by Crippen LogP contribution is -2.41. The van der Waals surface area contributed by atoms with Crippen LogP contribution in [0.4, 0.5) is 13.2 Å². The summed E-state index contributed by atoms with van der Waals surface area (Å²) in [5, 5.41) is 10.0. The minimum atomic E-state index is -4.39. The normalized spacial score (nSPS) is 20.2. The number of halogens is 3. The molecular weight excluding hydrogens is 463 g/mol. The van der Waals surface area contributed by atoms with Crippen LogP contribution in [0.3, 0.4) is 0 Å². The third-order valence-corrected chi connectivity index (χ3v) is 7.41. The highest BCUT2D eigenvalue weighted by atomic mass is 19.4. The summed E-state index contributed by atoms with van der Waals surface area (Å²) >= 11 is 0. The minimum absolute atomic E-state index is 0.200. The van der Waals surface area contributed by atoms with Crippen LogP contribution >= 0.6 is 0 Å². The monoisotopic (exact) mass is 503 g/mol. The molecule has 1 fully saturated rings. The molecule has 36 heavy (non-hydrogen) atoms. The molecule has 0 aliphatic carbocycles. The summed E-state index contributed by atoms with van der Waals surface area (Å²) in [7, 11) is 0. The first kappa shape index (κ1) is 28.2. The Balaban J connectivity index is 2.02. The zero-order valence-electron chi connectivity index (χ0n) is 22.1. The lowest BCUT2D eigenvalue weighted by molar-refractivity contribution is -0.139. The molecule has 3 atom stereocenters. The molecule has 2 aromatic rings. The minimum Gasteiger partial charge on any atom is -0.481 e. The number of nitrogens with zero attached hydrogens (tertiary/aromatic N) is 1. The van der Waals surface area contributed by atoms with Crippen molar-refractivity contribution in [2.24, 2.45) is 11.8 Å². The standard InChI is InChI=1S/C30H40F3NO2/c1-19(2)12-13-34-18-23(7-6-21(34)5)25-15-24(22-8-10-27(11-9-22)30(31,32)33)16-26(17-25)28(29(35)36)14-20(3)4/h8-11,15-17,19-21,23,28H,6-7,12-14,18H2,1-5H3,(H,35,36)/t21-,23+,28+/m0/s1. The third-order valence-electron chi connectivity index (χ3n) is 7.41. The fourth-order valence-electron chi connectivity index (χ4n) is 5.17. The van der Waals surface area contributed by atoms with Crippen LogP contribution in [0.1, 0.15) is 88.8 Å². The maximum Gasteiger partial charge on any atom is 0.416 e. The number of aliphatic carboxylic acids is 1. The number of carbonyl (C=O) groups is 1. The summed E-state index contributed by atoms with van der Waals surface area (Å²) in [4.78, 5) is 14.8. The topological polar surface area (TPSA) is 40.5 Å². The van der Waals surface area contributed by atoms with Crippen molar-refractivity contribution >= 4 is 5.97 Å². The van der Waals surface area contributed by atoms with Crippen molar-refractivity contribution in [3.05, 3.63) is 59.2 Å². The Morgan fingerprint density at radius 3 is 2.22 bits per heavy atom. The van der Waals surface area contributed by atoms with E-state index in [1.807, 2.05) is 26.0 Å². The van der Waals surface area contributed by atoms with Crippen molar-refractivity contribution in [2.75, 3.05) is 13.1 Å². The van der Waals surface area contributed by atoms with Crippen LogP contribution in [0.15, 0.2) is 42.5 Å². The molecule has 0 spiro atoms. The molecule has 1 aliphatic heterocycles. The van der Waals surface area contributed by atoms with Crippen molar-refractivity contribution < 1.29 is 23.1 Å². The van der Waals surface area contributed by atoms with Gasteiger partial charge in [0.25, 0.3) is 0 Å². The van der Waals surface area contributed by atoms with Gasteiger partial charge in [0.05, 0.1) is 11.5 Å². The summed E-state index contributed by atoms with van der Waals surface area (Å²) in [5.41, 5.74) is 2.57. The molecule has 1 N–H and O–H groups in total. The SMILES string of the molecule is CC(C)CCN1C[C@H](c2cc(-c3ccc(C(F)(F)F)cc3)cc([C@@H](CC(C)C)C(=O)O)c2)CC[C@@H]1C. The summed E-state index contributed by atoms with van der Waals surface area (Å²) in [6.07, 6.45) is -0.680. The molecule has 2 aromatic carbocycles. The molecule has 198 valence electrons. The van der Waals surface area contributed by atoms with Crippen LogP contribution in [-0.4, -0.2) is 35.1 Å². The van der Waals surface area contributed by atoms with Crippen LogP contribution in [-0.2, 0) is 11.0 Å². The zero-order valence-corrected chi connectivity index (χ0v) is 22.1. The maximum absolute atomic E-state index is 13.1. The van der Waals surface area contributed by atoms with Gasteiger partial charge in [-0.25, -0.2) is 0 Å². The van der Waals surface area contributed by atoms with Crippen molar-refractivity contribution in [3.63, 3.8) is 0 Å². The summed E-state index contributed by atoms with van der Waals surface area (Å²) < 4.78 is 39.4. The molecule has 1 aliphatic rings. The molecule has 0 aromatic heterocycles. The second-order valence-electron chi connectivity index (χ2n) is 11.3. The van der Waals surface area contributed by atoms with Gasteiger partial charge in [-0.3, -0.25) is 4.79 Å². The van der Waals surface area contributed by atoms with E-state index in [0.29, 0.717) is 23.9 Å². The van der Waals surface area contributed by atoms with Gasteiger partial charge in [-0.2, -0.15) is 13.2 Å². The van der Waals surface area contributed by atoms with Gasteiger partial charge in [0.1, 0.15) is 0 Å². The molecule has 6 heteroatoms. The smallest absolute Gasteiger partial charge is 0.416 e. The molecule has 0 unspecified atom stereocenters. The first-order valence-electron chi connectivity index (χ1n) is 13.1. The molecule has 1 saturated heterocycles. The van der Waals surface area contributed by atoms with Gasteiger partial charge < -0.3 is 10.0 Å². The highest BCUT2D eigenvalue weighted by Crippen LogP contribution is 2.37. The van der Waals surface area contributed by atoms with Crippen molar-refractivity contribution in [1.29, 1.82) is 0 Å². The number of rotatable bonds is 9. The average Bonchev–Trinajstić information content (AvgIpc) is 2.81. The molecule has 0 saturated carbocycles. The first-order valence-corrected chi connectivity index (χ1v) is 13.1. The zero-order chi connectivity index (χ0) is 26.6. The average molecular weight is 504 g/mol. The Hall–Kier alpha value is -2.34. The fraction of sp³-hybridized carbons (Fsp3) is 0.567. The van der Waals surface area contributed by atoms with E-state index in [9.17, 15) is 23.1 Å². The van der Waals surface area contributed by atoms with E-state index in [2.05, 4.69) is 31.7 Å². The number of alkyl halides is 3.